The van der Waals surface area contributed by atoms with Crippen molar-refractivity contribution < 1.29 is 4.79 Å². The van der Waals surface area contributed by atoms with Crippen molar-refractivity contribution in [1.82, 2.24) is 9.88 Å². The van der Waals surface area contributed by atoms with Crippen LogP contribution in [-0.2, 0) is 0 Å². The summed E-state index contributed by atoms with van der Waals surface area (Å²) in [5, 5.41) is 0.974. The molecule has 1 aromatic rings. The van der Waals surface area contributed by atoms with E-state index in [4.69, 9.17) is 0 Å². The maximum atomic E-state index is 10.9. The molecule has 108 valence electrons. The van der Waals surface area contributed by atoms with E-state index in [2.05, 4.69) is 35.6 Å². The highest BCUT2D eigenvalue weighted by molar-refractivity contribution is 7.17. The van der Waals surface area contributed by atoms with Gasteiger partial charge >= 0.3 is 0 Å². The molecule has 0 saturated heterocycles. The molecule has 0 radical (unpaired) electrons. The minimum atomic E-state index is 0.747. The van der Waals surface area contributed by atoms with Gasteiger partial charge in [-0.1, -0.05) is 25.2 Å². The second-order valence-electron chi connectivity index (χ2n) is 4.52. The Labute approximate surface area is 120 Å². The van der Waals surface area contributed by atoms with Gasteiger partial charge in [0.15, 0.2) is 11.4 Å². The summed E-state index contributed by atoms with van der Waals surface area (Å²) in [5.74, 6) is 0. The van der Waals surface area contributed by atoms with Crippen LogP contribution in [0.25, 0.3) is 0 Å². The van der Waals surface area contributed by atoms with Crippen molar-refractivity contribution in [3.8, 4) is 0 Å². The fraction of sp³-hybridized carbons (Fsp3) is 0.714. The lowest BCUT2D eigenvalue weighted by atomic mass is 10.3. The number of carbonyl (C=O) groups is 1. The van der Waals surface area contributed by atoms with E-state index >= 15 is 0 Å². The highest BCUT2D eigenvalue weighted by Gasteiger charge is 2.12. The first-order valence-electron chi connectivity index (χ1n) is 7.06. The Kier molecular flexibility index (Phi) is 7.02. The zero-order chi connectivity index (χ0) is 14.3. The SMILES string of the molecule is CCN(CC)CCCN(CC)c1nc(C)c(C=O)s1. The fourth-order valence-electron chi connectivity index (χ4n) is 2.05. The fourth-order valence-corrected chi connectivity index (χ4v) is 3.02. The Morgan fingerprint density at radius 1 is 1.16 bits per heavy atom. The zero-order valence-electron chi connectivity index (χ0n) is 12.5. The highest BCUT2D eigenvalue weighted by Crippen LogP contribution is 2.24. The van der Waals surface area contributed by atoms with E-state index < -0.39 is 0 Å². The molecule has 0 N–H and O–H groups in total. The summed E-state index contributed by atoms with van der Waals surface area (Å²) in [6, 6.07) is 0. The number of thiazole rings is 1. The Balaban J connectivity index is 2.55. The normalized spacial score (nSPS) is 11.0. The number of aryl methyl sites for hydroxylation is 1. The van der Waals surface area contributed by atoms with Crippen LogP contribution in [-0.4, -0.2) is 48.9 Å². The first-order valence-corrected chi connectivity index (χ1v) is 7.87. The molecule has 0 atom stereocenters. The van der Waals surface area contributed by atoms with Gasteiger partial charge in [0.25, 0.3) is 0 Å². The summed E-state index contributed by atoms with van der Waals surface area (Å²) in [6.45, 7) is 13.7. The molecule has 0 aromatic carbocycles. The maximum absolute atomic E-state index is 10.9. The minimum Gasteiger partial charge on any atom is -0.348 e. The molecule has 4 nitrogen and oxygen atoms in total. The summed E-state index contributed by atoms with van der Waals surface area (Å²) in [6.07, 6.45) is 2.03. The average Bonchev–Trinajstić information content (AvgIpc) is 2.80. The molecule has 1 aromatic heterocycles. The monoisotopic (exact) mass is 283 g/mol. The van der Waals surface area contributed by atoms with E-state index in [0.29, 0.717) is 0 Å². The molecule has 0 amide bonds. The molecule has 0 aliphatic rings. The largest absolute Gasteiger partial charge is 0.348 e. The number of nitrogens with zero attached hydrogens (tertiary/aromatic N) is 3. The number of rotatable bonds is 9. The third-order valence-electron chi connectivity index (χ3n) is 3.38. The maximum Gasteiger partial charge on any atom is 0.186 e. The number of hydrogen-bond acceptors (Lipinski definition) is 5. The smallest absolute Gasteiger partial charge is 0.186 e. The van der Waals surface area contributed by atoms with Crippen molar-refractivity contribution in [3.05, 3.63) is 10.6 Å². The van der Waals surface area contributed by atoms with Gasteiger partial charge in [-0.3, -0.25) is 4.79 Å². The molecule has 0 saturated carbocycles. The molecule has 1 rings (SSSR count). The van der Waals surface area contributed by atoms with Crippen LogP contribution in [0, 0.1) is 6.92 Å². The number of anilines is 1. The van der Waals surface area contributed by atoms with E-state index in [1.54, 1.807) is 0 Å². The second-order valence-corrected chi connectivity index (χ2v) is 5.53. The van der Waals surface area contributed by atoms with Gasteiger partial charge in [0, 0.05) is 13.1 Å². The average molecular weight is 283 g/mol. The van der Waals surface area contributed by atoms with Gasteiger partial charge in [0.1, 0.15) is 0 Å². The summed E-state index contributed by atoms with van der Waals surface area (Å²) < 4.78 is 0. The van der Waals surface area contributed by atoms with Gasteiger partial charge in [0.2, 0.25) is 0 Å². The highest BCUT2D eigenvalue weighted by atomic mass is 32.1. The molecule has 0 unspecified atom stereocenters. The quantitative estimate of drug-likeness (QED) is 0.653. The molecule has 0 bridgehead atoms. The number of carbonyl (C=O) groups excluding carboxylic acids is 1. The Bertz CT molecular complexity index is 388. The Morgan fingerprint density at radius 2 is 1.84 bits per heavy atom. The van der Waals surface area contributed by atoms with Gasteiger partial charge in [-0.15, -0.1) is 0 Å². The third-order valence-corrected chi connectivity index (χ3v) is 4.52. The van der Waals surface area contributed by atoms with Crippen molar-refractivity contribution in [2.45, 2.75) is 34.1 Å². The van der Waals surface area contributed by atoms with Crippen LogP contribution in [0.4, 0.5) is 5.13 Å². The first-order chi connectivity index (χ1) is 9.15. The van der Waals surface area contributed by atoms with Crippen LogP contribution in [0.2, 0.25) is 0 Å². The molecule has 5 heteroatoms. The predicted octanol–water partition coefficient (Wildman–Crippen LogP) is 2.82. The summed E-state index contributed by atoms with van der Waals surface area (Å²) in [7, 11) is 0. The van der Waals surface area contributed by atoms with Crippen molar-refractivity contribution in [2.75, 3.05) is 37.6 Å². The van der Waals surface area contributed by atoms with Crippen molar-refractivity contribution in [3.63, 3.8) is 0 Å². The molecular formula is C14H25N3OS. The molecule has 0 aliphatic heterocycles. The topological polar surface area (TPSA) is 36.4 Å². The molecule has 0 aliphatic carbocycles. The van der Waals surface area contributed by atoms with Crippen LogP contribution in [0.1, 0.15) is 42.6 Å². The van der Waals surface area contributed by atoms with E-state index in [0.717, 1.165) is 61.1 Å². The number of aromatic nitrogens is 1. The lowest BCUT2D eigenvalue weighted by Gasteiger charge is -2.23. The minimum absolute atomic E-state index is 0.747. The van der Waals surface area contributed by atoms with Crippen molar-refractivity contribution in [2.24, 2.45) is 0 Å². The van der Waals surface area contributed by atoms with E-state index in [1.165, 1.54) is 11.3 Å². The van der Waals surface area contributed by atoms with Gasteiger partial charge in [0.05, 0.1) is 10.6 Å². The molecule has 0 spiro atoms. The first kappa shape index (κ1) is 16.1. The summed E-state index contributed by atoms with van der Waals surface area (Å²) in [4.78, 5) is 20.8. The van der Waals surface area contributed by atoms with Crippen molar-refractivity contribution in [1.29, 1.82) is 0 Å². The van der Waals surface area contributed by atoms with E-state index in [-0.39, 0.29) is 0 Å². The summed E-state index contributed by atoms with van der Waals surface area (Å²) >= 11 is 1.50. The third kappa shape index (κ3) is 4.58. The van der Waals surface area contributed by atoms with Crippen LogP contribution in [0.5, 0.6) is 0 Å². The van der Waals surface area contributed by atoms with E-state index in [1.807, 2.05) is 6.92 Å². The van der Waals surface area contributed by atoms with Gasteiger partial charge in [-0.05, 0) is 39.9 Å². The molecule has 0 fully saturated rings. The number of hydrogen-bond donors (Lipinski definition) is 0. The van der Waals surface area contributed by atoms with Gasteiger partial charge in [-0.2, -0.15) is 0 Å². The van der Waals surface area contributed by atoms with E-state index in [9.17, 15) is 4.79 Å². The van der Waals surface area contributed by atoms with Gasteiger partial charge < -0.3 is 9.80 Å². The Morgan fingerprint density at radius 3 is 2.32 bits per heavy atom. The Hall–Kier alpha value is -0.940. The second kappa shape index (κ2) is 8.27. The lowest BCUT2D eigenvalue weighted by molar-refractivity contribution is 0.112. The van der Waals surface area contributed by atoms with Gasteiger partial charge in [-0.25, -0.2) is 4.98 Å². The molecule has 1 heterocycles. The standard InChI is InChI=1S/C14H25N3OS/c1-5-16(6-2)9-8-10-17(7-3)14-15-12(4)13(11-18)19-14/h11H,5-10H2,1-4H3. The molecular weight excluding hydrogens is 258 g/mol. The van der Waals surface area contributed by atoms with Crippen LogP contribution < -0.4 is 4.90 Å². The lowest BCUT2D eigenvalue weighted by Crippen LogP contribution is -2.29. The number of aldehydes is 1. The van der Waals surface area contributed by atoms with Crippen molar-refractivity contribution >= 4 is 22.8 Å². The molecule has 19 heavy (non-hydrogen) atoms. The predicted molar refractivity (Wildman–Crippen MR) is 82.5 cm³/mol. The van der Waals surface area contributed by atoms with Crippen LogP contribution in [0.15, 0.2) is 0 Å². The zero-order valence-corrected chi connectivity index (χ0v) is 13.3. The van der Waals surface area contributed by atoms with Crippen LogP contribution in [0.3, 0.4) is 0 Å². The van der Waals surface area contributed by atoms with Crippen LogP contribution >= 0.6 is 11.3 Å². The summed E-state index contributed by atoms with van der Waals surface area (Å²) in [5.41, 5.74) is 0.845.